The van der Waals surface area contributed by atoms with Crippen molar-refractivity contribution < 1.29 is 4.79 Å². The predicted molar refractivity (Wildman–Crippen MR) is 52.8 cm³/mol. The van der Waals surface area contributed by atoms with Gasteiger partial charge in [-0.1, -0.05) is 6.92 Å². The average Bonchev–Trinajstić information content (AvgIpc) is 2.76. The van der Waals surface area contributed by atoms with Crippen LogP contribution in [0.15, 0.2) is 0 Å². The van der Waals surface area contributed by atoms with Crippen LogP contribution < -0.4 is 0 Å². The predicted octanol–water partition coefficient (Wildman–Crippen LogP) is 2.01. The second kappa shape index (κ2) is 3.49. The zero-order chi connectivity index (χ0) is 9.42. The quantitative estimate of drug-likeness (QED) is 0.626. The highest BCUT2D eigenvalue weighted by atomic mass is 35.5. The summed E-state index contributed by atoms with van der Waals surface area (Å²) in [6, 6.07) is 0.519. The van der Waals surface area contributed by atoms with Gasteiger partial charge >= 0.3 is 0 Å². The van der Waals surface area contributed by atoms with E-state index in [4.69, 9.17) is 11.6 Å². The molecular formula is C10H16ClNO. The van der Waals surface area contributed by atoms with Crippen LogP contribution in [0.5, 0.6) is 0 Å². The molecule has 2 bridgehead atoms. The Morgan fingerprint density at radius 1 is 1.62 bits per heavy atom. The topological polar surface area (TPSA) is 20.3 Å². The van der Waals surface area contributed by atoms with Gasteiger partial charge in [0.25, 0.3) is 0 Å². The van der Waals surface area contributed by atoms with Crippen LogP contribution in [0.4, 0.5) is 0 Å². The molecule has 1 heterocycles. The molecule has 2 nitrogen and oxygen atoms in total. The Labute approximate surface area is 84.2 Å². The molecule has 0 N–H and O–H groups in total. The fourth-order valence-electron chi connectivity index (χ4n) is 2.55. The molecule has 3 atom stereocenters. The first kappa shape index (κ1) is 9.32. The molecular weight excluding hydrogens is 186 g/mol. The van der Waals surface area contributed by atoms with Gasteiger partial charge in [-0.2, -0.15) is 0 Å². The lowest BCUT2D eigenvalue weighted by Gasteiger charge is -2.28. The number of alkyl halides is 1. The van der Waals surface area contributed by atoms with E-state index >= 15 is 0 Å². The lowest BCUT2D eigenvalue weighted by molar-refractivity contribution is -0.132. The van der Waals surface area contributed by atoms with Gasteiger partial charge in [-0.15, -0.1) is 11.6 Å². The van der Waals surface area contributed by atoms with Gasteiger partial charge in [0.15, 0.2) is 0 Å². The van der Waals surface area contributed by atoms with E-state index in [0.29, 0.717) is 6.04 Å². The molecule has 0 aromatic heterocycles. The molecule has 2 rings (SSSR count). The summed E-state index contributed by atoms with van der Waals surface area (Å²) in [6.45, 7) is 2.93. The van der Waals surface area contributed by atoms with Crippen LogP contribution in [0, 0.1) is 5.92 Å². The van der Waals surface area contributed by atoms with Crippen LogP contribution in [0.1, 0.15) is 32.6 Å². The molecule has 3 heteroatoms. The molecule has 2 aliphatic rings. The maximum atomic E-state index is 11.8. The third-order valence-corrected chi connectivity index (χ3v) is 3.81. The minimum Gasteiger partial charge on any atom is -0.338 e. The Balaban J connectivity index is 1.98. The average molecular weight is 202 g/mol. The lowest BCUT2D eigenvalue weighted by Crippen LogP contribution is -2.41. The maximum Gasteiger partial charge on any atom is 0.240 e. The van der Waals surface area contributed by atoms with E-state index in [1.165, 1.54) is 19.3 Å². The van der Waals surface area contributed by atoms with Crippen molar-refractivity contribution in [2.45, 2.75) is 44.0 Å². The summed E-state index contributed by atoms with van der Waals surface area (Å²) >= 11 is 5.94. The van der Waals surface area contributed by atoms with Crippen molar-refractivity contribution in [2.75, 3.05) is 6.54 Å². The van der Waals surface area contributed by atoms with Gasteiger partial charge < -0.3 is 4.90 Å². The van der Waals surface area contributed by atoms with Gasteiger partial charge in [-0.3, -0.25) is 4.79 Å². The van der Waals surface area contributed by atoms with Crippen LogP contribution in [0.3, 0.4) is 0 Å². The number of hydrogen-bond acceptors (Lipinski definition) is 1. The number of piperidine rings is 1. The Hall–Kier alpha value is -0.240. The standard InChI is InChI=1S/C10H16ClNO/c1-2-9(11)10(13)12-6-7-3-4-8(12)5-7/h7-9H,2-6H2,1H3/t7-,8-,9+/m0/s1. The Morgan fingerprint density at radius 2 is 2.38 bits per heavy atom. The smallest absolute Gasteiger partial charge is 0.240 e. The molecule has 1 aliphatic heterocycles. The number of rotatable bonds is 2. The van der Waals surface area contributed by atoms with E-state index in [-0.39, 0.29) is 11.3 Å². The molecule has 0 spiro atoms. The Kier molecular flexibility index (Phi) is 2.50. The van der Waals surface area contributed by atoms with E-state index < -0.39 is 0 Å². The third kappa shape index (κ3) is 1.56. The zero-order valence-electron chi connectivity index (χ0n) is 8.00. The fraction of sp³-hybridized carbons (Fsp3) is 0.900. The van der Waals surface area contributed by atoms with E-state index in [9.17, 15) is 4.79 Å². The first-order chi connectivity index (χ1) is 6.22. The monoisotopic (exact) mass is 201 g/mol. The second-order valence-electron chi connectivity index (χ2n) is 4.20. The molecule has 74 valence electrons. The van der Waals surface area contributed by atoms with Gasteiger partial charge in [-0.05, 0) is 31.6 Å². The molecule has 0 unspecified atom stereocenters. The Morgan fingerprint density at radius 3 is 2.85 bits per heavy atom. The van der Waals surface area contributed by atoms with Gasteiger partial charge in [0.05, 0.1) is 0 Å². The van der Waals surface area contributed by atoms with Crippen LogP contribution in [0.2, 0.25) is 0 Å². The fourth-order valence-corrected chi connectivity index (χ4v) is 2.67. The van der Waals surface area contributed by atoms with Gasteiger partial charge in [0, 0.05) is 12.6 Å². The summed E-state index contributed by atoms with van der Waals surface area (Å²) < 4.78 is 0. The molecule has 1 saturated carbocycles. The van der Waals surface area contributed by atoms with Crippen molar-refractivity contribution in [2.24, 2.45) is 5.92 Å². The number of nitrogens with zero attached hydrogens (tertiary/aromatic N) is 1. The molecule has 1 saturated heterocycles. The van der Waals surface area contributed by atoms with Gasteiger partial charge in [0.2, 0.25) is 5.91 Å². The van der Waals surface area contributed by atoms with Crippen LogP contribution >= 0.6 is 11.6 Å². The minimum absolute atomic E-state index is 0.163. The largest absolute Gasteiger partial charge is 0.338 e. The van der Waals surface area contributed by atoms with E-state index in [1.807, 2.05) is 11.8 Å². The number of hydrogen-bond donors (Lipinski definition) is 0. The highest BCUT2D eigenvalue weighted by Crippen LogP contribution is 2.37. The highest BCUT2D eigenvalue weighted by Gasteiger charge is 2.41. The Bertz CT molecular complexity index is 219. The van der Waals surface area contributed by atoms with Crippen molar-refractivity contribution >= 4 is 17.5 Å². The van der Waals surface area contributed by atoms with Crippen molar-refractivity contribution in [1.82, 2.24) is 4.90 Å². The molecule has 1 amide bonds. The van der Waals surface area contributed by atoms with Crippen molar-refractivity contribution in [3.8, 4) is 0 Å². The van der Waals surface area contributed by atoms with Crippen molar-refractivity contribution in [3.05, 3.63) is 0 Å². The van der Waals surface area contributed by atoms with Crippen LogP contribution in [-0.4, -0.2) is 28.8 Å². The molecule has 13 heavy (non-hydrogen) atoms. The second-order valence-corrected chi connectivity index (χ2v) is 4.73. The van der Waals surface area contributed by atoms with Gasteiger partial charge in [0.1, 0.15) is 5.38 Å². The van der Waals surface area contributed by atoms with Crippen LogP contribution in [-0.2, 0) is 4.79 Å². The maximum absolute atomic E-state index is 11.8. The zero-order valence-corrected chi connectivity index (χ0v) is 8.76. The highest BCUT2D eigenvalue weighted by molar-refractivity contribution is 6.30. The normalized spacial score (nSPS) is 33.8. The molecule has 2 fully saturated rings. The van der Waals surface area contributed by atoms with E-state index in [2.05, 4.69) is 0 Å². The first-order valence-corrected chi connectivity index (χ1v) is 5.60. The SMILES string of the molecule is CC[C@@H](Cl)C(=O)N1C[C@H]2CC[C@H]1C2. The summed E-state index contributed by atoms with van der Waals surface area (Å²) in [7, 11) is 0. The van der Waals surface area contributed by atoms with Gasteiger partial charge in [-0.25, -0.2) is 0 Å². The number of halogens is 1. The number of likely N-dealkylation sites (tertiary alicyclic amines) is 1. The summed E-state index contributed by atoms with van der Waals surface area (Å²) in [5, 5.41) is -0.292. The number of carbonyl (C=O) groups is 1. The molecule has 1 aliphatic carbocycles. The molecule has 0 aromatic carbocycles. The summed E-state index contributed by atoms with van der Waals surface area (Å²) in [5.74, 6) is 0.936. The molecule has 0 aromatic rings. The summed E-state index contributed by atoms with van der Waals surface area (Å²) in [4.78, 5) is 13.8. The lowest BCUT2D eigenvalue weighted by atomic mass is 10.1. The number of carbonyl (C=O) groups excluding carboxylic acids is 1. The first-order valence-electron chi connectivity index (χ1n) is 5.17. The van der Waals surface area contributed by atoms with E-state index in [0.717, 1.165) is 18.9 Å². The number of amides is 1. The van der Waals surface area contributed by atoms with Crippen molar-refractivity contribution in [1.29, 1.82) is 0 Å². The molecule has 0 radical (unpaired) electrons. The van der Waals surface area contributed by atoms with Crippen LogP contribution in [0.25, 0.3) is 0 Å². The summed E-state index contributed by atoms with van der Waals surface area (Å²) in [6.07, 6.45) is 4.48. The van der Waals surface area contributed by atoms with E-state index in [1.54, 1.807) is 0 Å². The summed E-state index contributed by atoms with van der Waals surface area (Å²) in [5.41, 5.74) is 0. The minimum atomic E-state index is -0.292. The van der Waals surface area contributed by atoms with Crippen molar-refractivity contribution in [3.63, 3.8) is 0 Å². The third-order valence-electron chi connectivity index (χ3n) is 3.32. The number of fused-ring (bicyclic) bond motifs is 2.